The van der Waals surface area contributed by atoms with Gasteiger partial charge in [0.25, 0.3) is 0 Å². The number of nitrogens with zero attached hydrogens (tertiary/aromatic N) is 5. The predicted molar refractivity (Wildman–Crippen MR) is 122 cm³/mol. The van der Waals surface area contributed by atoms with E-state index in [0.29, 0.717) is 40.2 Å². The number of benzene rings is 1. The summed E-state index contributed by atoms with van der Waals surface area (Å²) in [5.74, 6) is 2.29. The molecule has 1 aliphatic heterocycles. The average Bonchev–Trinajstić information content (AvgIpc) is 3.49. The summed E-state index contributed by atoms with van der Waals surface area (Å²) in [5.41, 5.74) is 2.59. The van der Waals surface area contributed by atoms with Crippen LogP contribution >= 0.6 is 0 Å². The van der Waals surface area contributed by atoms with E-state index < -0.39 is 0 Å². The van der Waals surface area contributed by atoms with Gasteiger partial charge >= 0.3 is 0 Å². The number of hydrogen-bond donors (Lipinski definition) is 3. The zero-order chi connectivity index (χ0) is 22.8. The lowest BCUT2D eigenvalue weighted by Gasteiger charge is -2.31. The van der Waals surface area contributed by atoms with Crippen LogP contribution in [-0.2, 0) is 4.79 Å². The Morgan fingerprint density at radius 2 is 1.85 bits per heavy atom. The van der Waals surface area contributed by atoms with Crippen molar-refractivity contribution >= 4 is 28.6 Å². The molecule has 0 aliphatic carbocycles. The van der Waals surface area contributed by atoms with Crippen LogP contribution < -0.4 is 19.7 Å². The van der Waals surface area contributed by atoms with Crippen LogP contribution in [0.15, 0.2) is 36.8 Å². The molecule has 11 nitrogen and oxygen atoms in total. The Morgan fingerprint density at radius 3 is 2.58 bits per heavy atom. The molecule has 1 saturated heterocycles. The molecule has 0 radical (unpaired) electrons. The average molecular weight is 448 g/mol. The summed E-state index contributed by atoms with van der Waals surface area (Å²) in [6.07, 6.45) is 6.56. The lowest BCUT2D eigenvalue weighted by molar-refractivity contribution is -0.120. The van der Waals surface area contributed by atoms with Crippen molar-refractivity contribution in [3.63, 3.8) is 0 Å². The summed E-state index contributed by atoms with van der Waals surface area (Å²) in [7, 11) is 3.16. The van der Waals surface area contributed by atoms with Gasteiger partial charge in [0.15, 0.2) is 23.0 Å². The van der Waals surface area contributed by atoms with E-state index >= 15 is 0 Å². The molecule has 1 fully saturated rings. The molecule has 1 aromatic carbocycles. The highest BCUT2D eigenvalue weighted by molar-refractivity contribution is 5.96. The second-order valence-corrected chi connectivity index (χ2v) is 7.76. The first-order valence-corrected chi connectivity index (χ1v) is 10.6. The van der Waals surface area contributed by atoms with E-state index in [0.717, 1.165) is 31.4 Å². The largest absolute Gasteiger partial charge is 0.493 e. The number of H-pyrrole nitrogens is 2. The number of piperidine rings is 1. The van der Waals surface area contributed by atoms with E-state index in [1.54, 1.807) is 44.9 Å². The molecule has 0 spiro atoms. The molecule has 1 aliphatic rings. The van der Waals surface area contributed by atoms with Gasteiger partial charge in [0.05, 0.1) is 30.9 Å². The maximum atomic E-state index is 13.0. The van der Waals surface area contributed by atoms with E-state index in [-0.39, 0.29) is 11.8 Å². The van der Waals surface area contributed by atoms with Crippen LogP contribution in [0.4, 0.5) is 11.6 Å². The Hall–Kier alpha value is -4.15. The lowest BCUT2D eigenvalue weighted by Crippen LogP contribution is -2.39. The smallest absolute Gasteiger partial charge is 0.227 e. The number of amides is 1. The normalized spacial score (nSPS) is 14.4. The molecule has 11 heteroatoms. The van der Waals surface area contributed by atoms with Crippen molar-refractivity contribution in [2.24, 2.45) is 5.92 Å². The molecular formula is C22H24N8O3. The number of hydrogen-bond acceptors (Lipinski definition) is 8. The van der Waals surface area contributed by atoms with E-state index in [1.807, 2.05) is 6.07 Å². The molecule has 5 rings (SSSR count). The number of aromatic amines is 2. The molecule has 0 bridgehead atoms. The van der Waals surface area contributed by atoms with Gasteiger partial charge in [-0.1, -0.05) is 0 Å². The van der Waals surface area contributed by atoms with Crippen molar-refractivity contribution in [3.05, 3.63) is 36.8 Å². The second-order valence-electron chi connectivity index (χ2n) is 7.76. The Kier molecular flexibility index (Phi) is 5.51. The molecule has 33 heavy (non-hydrogen) atoms. The molecule has 0 saturated carbocycles. The quantitative estimate of drug-likeness (QED) is 0.410. The number of aromatic nitrogens is 6. The molecule has 4 heterocycles. The van der Waals surface area contributed by atoms with Gasteiger partial charge in [-0.3, -0.25) is 9.89 Å². The van der Waals surface area contributed by atoms with Crippen LogP contribution in [0.2, 0.25) is 0 Å². The van der Waals surface area contributed by atoms with E-state index in [1.165, 1.54) is 0 Å². The number of carbonyl (C=O) groups excluding carboxylic acids is 1. The number of imidazole rings is 1. The minimum absolute atomic E-state index is 0.0364. The zero-order valence-corrected chi connectivity index (χ0v) is 18.3. The lowest BCUT2D eigenvalue weighted by atomic mass is 9.96. The van der Waals surface area contributed by atoms with Crippen LogP contribution in [0.25, 0.3) is 22.6 Å². The summed E-state index contributed by atoms with van der Waals surface area (Å²) < 4.78 is 10.7. The van der Waals surface area contributed by atoms with E-state index in [4.69, 9.17) is 9.47 Å². The van der Waals surface area contributed by atoms with Crippen molar-refractivity contribution < 1.29 is 14.3 Å². The summed E-state index contributed by atoms with van der Waals surface area (Å²) in [5, 5.41) is 10.1. The molecule has 3 aromatic heterocycles. The Balaban J connectivity index is 1.30. The second kappa shape index (κ2) is 8.77. The van der Waals surface area contributed by atoms with Crippen LogP contribution in [-0.4, -0.2) is 63.3 Å². The van der Waals surface area contributed by atoms with Gasteiger partial charge in [-0.25, -0.2) is 15.0 Å². The predicted octanol–water partition coefficient (Wildman–Crippen LogP) is 2.62. The number of fused-ring (bicyclic) bond motifs is 1. The van der Waals surface area contributed by atoms with Crippen molar-refractivity contribution in [1.29, 1.82) is 0 Å². The van der Waals surface area contributed by atoms with Gasteiger partial charge < -0.3 is 24.7 Å². The summed E-state index contributed by atoms with van der Waals surface area (Å²) >= 11 is 0. The highest BCUT2D eigenvalue weighted by Crippen LogP contribution is 2.33. The zero-order valence-electron chi connectivity index (χ0n) is 18.3. The third-order valence-corrected chi connectivity index (χ3v) is 5.81. The fraction of sp³-hybridized carbons (Fsp3) is 0.318. The van der Waals surface area contributed by atoms with Gasteiger partial charge in [-0.15, -0.1) is 0 Å². The number of carbonyl (C=O) groups is 1. The maximum absolute atomic E-state index is 13.0. The minimum Gasteiger partial charge on any atom is -0.493 e. The molecule has 3 N–H and O–H groups in total. The molecule has 1 amide bonds. The van der Waals surface area contributed by atoms with Crippen LogP contribution in [0.5, 0.6) is 11.5 Å². The number of anilines is 2. The molecular weight excluding hydrogens is 424 g/mol. The topological polar surface area (TPSA) is 134 Å². The summed E-state index contributed by atoms with van der Waals surface area (Å²) in [4.78, 5) is 31.5. The minimum atomic E-state index is -0.100. The highest BCUT2D eigenvalue weighted by atomic mass is 16.5. The van der Waals surface area contributed by atoms with Crippen LogP contribution in [0.1, 0.15) is 12.8 Å². The van der Waals surface area contributed by atoms with Gasteiger partial charge in [0.2, 0.25) is 11.9 Å². The molecule has 0 unspecified atom stereocenters. The first-order chi connectivity index (χ1) is 16.2. The van der Waals surface area contributed by atoms with Crippen LogP contribution in [0, 0.1) is 5.92 Å². The van der Waals surface area contributed by atoms with Gasteiger partial charge in [-0.2, -0.15) is 5.10 Å². The summed E-state index contributed by atoms with van der Waals surface area (Å²) in [6.45, 7) is 1.46. The highest BCUT2D eigenvalue weighted by Gasteiger charge is 2.27. The third kappa shape index (κ3) is 4.04. The fourth-order valence-corrected chi connectivity index (χ4v) is 4.05. The molecule has 4 aromatic rings. The Morgan fingerprint density at radius 1 is 1.12 bits per heavy atom. The third-order valence-electron chi connectivity index (χ3n) is 5.81. The maximum Gasteiger partial charge on any atom is 0.227 e. The van der Waals surface area contributed by atoms with E-state index in [9.17, 15) is 4.79 Å². The van der Waals surface area contributed by atoms with Crippen molar-refractivity contribution in [3.8, 4) is 23.0 Å². The molecule has 0 atom stereocenters. The number of nitrogens with one attached hydrogen (secondary N) is 3. The summed E-state index contributed by atoms with van der Waals surface area (Å²) in [6, 6.07) is 5.41. The monoisotopic (exact) mass is 448 g/mol. The SMILES string of the molecule is COc1cc2nc(-c3n[nH]cc3NC(=O)C3CCN(c4ncccn4)CC3)[nH]c2cc1OC. The van der Waals surface area contributed by atoms with Crippen molar-refractivity contribution in [2.75, 3.05) is 37.5 Å². The van der Waals surface area contributed by atoms with Crippen LogP contribution in [0.3, 0.4) is 0 Å². The number of ether oxygens (including phenoxy) is 2. The Labute approximate surface area is 189 Å². The standard InChI is InChI=1S/C22H24N8O3/c1-32-17-10-14-15(11-18(17)33-2)27-20(26-14)19-16(12-25-29-19)28-21(31)13-4-8-30(9-5-13)22-23-6-3-7-24-22/h3,6-7,10-13H,4-5,8-9H2,1-2H3,(H,25,29)(H,26,27)(H,28,31). The first kappa shape index (κ1) is 20.7. The number of rotatable bonds is 6. The first-order valence-electron chi connectivity index (χ1n) is 10.6. The van der Waals surface area contributed by atoms with Crippen molar-refractivity contribution in [2.45, 2.75) is 12.8 Å². The fourth-order valence-electron chi connectivity index (χ4n) is 4.05. The van der Waals surface area contributed by atoms with Gasteiger partial charge in [-0.05, 0) is 18.9 Å². The molecule has 170 valence electrons. The van der Waals surface area contributed by atoms with Gasteiger partial charge in [0, 0.05) is 49.7 Å². The van der Waals surface area contributed by atoms with Crippen molar-refractivity contribution in [1.82, 2.24) is 30.1 Å². The van der Waals surface area contributed by atoms with Gasteiger partial charge in [0.1, 0.15) is 0 Å². The Bertz CT molecular complexity index is 1220. The number of methoxy groups -OCH3 is 2. The van der Waals surface area contributed by atoms with E-state index in [2.05, 4.69) is 40.3 Å².